The van der Waals surface area contributed by atoms with Crippen molar-refractivity contribution < 1.29 is 4.84 Å². The number of nitrogens with zero attached hydrogens (tertiary/aromatic N) is 2. The molecule has 3 N–H and O–H groups in total. The molecule has 0 amide bonds. The summed E-state index contributed by atoms with van der Waals surface area (Å²) in [6.45, 7) is 0.149. The Bertz CT molecular complexity index is 294. The van der Waals surface area contributed by atoms with Gasteiger partial charge in [0.25, 0.3) is 0 Å². The molecule has 0 aromatic carbocycles. The van der Waals surface area contributed by atoms with Crippen LogP contribution in [0.5, 0.6) is 0 Å². The molecule has 12 heavy (non-hydrogen) atoms. The molecule has 0 radical (unpaired) electrons. The van der Waals surface area contributed by atoms with Gasteiger partial charge in [0.15, 0.2) is 11.6 Å². The van der Waals surface area contributed by atoms with Gasteiger partial charge in [-0.05, 0) is 0 Å². The van der Waals surface area contributed by atoms with Crippen LogP contribution in [0.25, 0.3) is 0 Å². The second-order valence-corrected chi connectivity index (χ2v) is 1.89. The molecule has 1 rings (SSSR count). The zero-order valence-electron chi connectivity index (χ0n) is 6.32. The Labute approximate surface area is 69.9 Å². The lowest BCUT2D eigenvalue weighted by Crippen LogP contribution is -2.06. The molecule has 0 spiro atoms. The number of aromatic nitrogens is 2. The van der Waals surface area contributed by atoms with Crippen LogP contribution in [0.2, 0.25) is 0 Å². The molecule has 0 saturated carbocycles. The first-order valence-corrected chi connectivity index (χ1v) is 3.22. The minimum atomic E-state index is 0.149. The average molecular weight is 164 g/mol. The third kappa shape index (κ3) is 2.11. The predicted octanol–water partition coefficient (Wildman–Crippen LogP) is 0.0355. The normalized spacial score (nSPS) is 8.92. The highest BCUT2D eigenvalue weighted by Gasteiger charge is 1.97. The summed E-state index contributed by atoms with van der Waals surface area (Å²) in [4.78, 5) is 12.4. The Balaban J connectivity index is 2.53. The van der Waals surface area contributed by atoms with E-state index >= 15 is 0 Å². The molecule has 0 fully saturated rings. The smallest absolute Gasteiger partial charge is 0.193 e. The van der Waals surface area contributed by atoms with E-state index in [2.05, 4.69) is 21.4 Å². The maximum atomic E-state index is 5.44. The number of nitrogen functional groups attached to an aromatic ring is 1. The summed E-state index contributed by atoms with van der Waals surface area (Å²) in [6.07, 6.45) is 7.93. The van der Waals surface area contributed by atoms with E-state index in [9.17, 15) is 0 Å². The van der Waals surface area contributed by atoms with Crippen molar-refractivity contribution in [3.63, 3.8) is 0 Å². The van der Waals surface area contributed by atoms with Gasteiger partial charge in [-0.15, -0.1) is 6.42 Å². The summed E-state index contributed by atoms with van der Waals surface area (Å²) < 4.78 is 0. The van der Waals surface area contributed by atoms with Crippen LogP contribution in [0.3, 0.4) is 0 Å². The van der Waals surface area contributed by atoms with Crippen LogP contribution >= 0.6 is 0 Å². The van der Waals surface area contributed by atoms with Gasteiger partial charge >= 0.3 is 0 Å². The summed E-state index contributed by atoms with van der Waals surface area (Å²) in [7, 11) is 0. The summed E-state index contributed by atoms with van der Waals surface area (Å²) >= 11 is 0. The minimum Gasteiger partial charge on any atom is -0.381 e. The van der Waals surface area contributed by atoms with Crippen LogP contribution < -0.4 is 11.2 Å². The molecule has 62 valence electrons. The van der Waals surface area contributed by atoms with E-state index in [4.69, 9.17) is 17.0 Å². The van der Waals surface area contributed by atoms with Crippen molar-refractivity contribution >= 4 is 11.6 Å². The molecule has 1 heterocycles. The fourth-order valence-electron chi connectivity index (χ4n) is 0.574. The maximum absolute atomic E-state index is 5.44. The highest BCUT2D eigenvalue weighted by molar-refractivity contribution is 5.53. The third-order valence-corrected chi connectivity index (χ3v) is 1.05. The van der Waals surface area contributed by atoms with Gasteiger partial charge in [0.2, 0.25) is 0 Å². The number of terminal acetylenes is 1. The molecule has 5 nitrogen and oxygen atoms in total. The third-order valence-electron chi connectivity index (χ3n) is 1.05. The molecule has 5 heteroatoms. The Morgan fingerprint density at radius 1 is 1.58 bits per heavy atom. The van der Waals surface area contributed by atoms with Crippen molar-refractivity contribution in [1.82, 2.24) is 9.97 Å². The topological polar surface area (TPSA) is 73.1 Å². The molecule has 0 atom stereocenters. The zero-order valence-corrected chi connectivity index (χ0v) is 6.32. The highest BCUT2D eigenvalue weighted by atomic mass is 16.6. The predicted molar refractivity (Wildman–Crippen MR) is 44.9 cm³/mol. The van der Waals surface area contributed by atoms with Gasteiger partial charge in [0, 0.05) is 12.4 Å². The van der Waals surface area contributed by atoms with Crippen LogP contribution in [-0.2, 0) is 4.84 Å². The monoisotopic (exact) mass is 164 g/mol. The fourth-order valence-corrected chi connectivity index (χ4v) is 0.574. The Kier molecular flexibility index (Phi) is 2.87. The lowest BCUT2D eigenvalue weighted by molar-refractivity contribution is 0.232. The van der Waals surface area contributed by atoms with Gasteiger partial charge in [-0.1, -0.05) is 5.92 Å². The highest BCUT2D eigenvalue weighted by Crippen LogP contribution is 2.08. The van der Waals surface area contributed by atoms with Crippen LogP contribution in [0.4, 0.5) is 11.6 Å². The van der Waals surface area contributed by atoms with Crippen LogP contribution in [0.15, 0.2) is 12.4 Å². The van der Waals surface area contributed by atoms with E-state index in [-0.39, 0.29) is 12.4 Å². The second kappa shape index (κ2) is 4.16. The zero-order chi connectivity index (χ0) is 8.81. The van der Waals surface area contributed by atoms with E-state index in [0.29, 0.717) is 5.82 Å². The minimum absolute atomic E-state index is 0.149. The van der Waals surface area contributed by atoms with Gasteiger partial charge in [-0.3, -0.25) is 4.84 Å². The number of nitrogens with one attached hydrogen (secondary N) is 1. The van der Waals surface area contributed by atoms with E-state index in [1.807, 2.05) is 0 Å². The van der Waals surface area contributed by atoms with Gasteiger partial charge in [-0.25, -0.2) is 15.4 Å². The Hall–Kier alpha value is -1.80. The molecular weight excluding hydrogens is 156 g/mol. The van der Waals surface area contributed by atoms with Crippen LogP contribution in [0, 0.1) is 12.3 Å². The summed E-state index contributed by atoms with van der Waals surface area (Å²) in [5.41, 5.74) is 7.91. The summed E-state index contributed by atoms with van der Waals surface area (Å²) in [5, 5.41) is 0. The van der Waals surface area contributed by atoms with E-state index in [0.717, 1.165) is 0 Å². The van der Waals surface area contributed by atoms with Gasteiger partial charge in [0.1, 0.15) is 6.61 Å². The van der Waals surface area contributed by atoms with Crippen molar-refractivity contribution in [1.29, 1.82) is 0 Å². The van der Waals surface area contributed by atoms with Crippen molar-refractivity contribution in [3.8, 4) is 12.3 Å². The Morgan fingerprint density at radius 2 is 2.33 bits per heavy atom. The van der Waals surface area contributed by atoms with Gasteiger partial charge < -0.3 is 5.73 Å². The number of rotatable bonds is 3. The molecule has 0 unspecified atom stereocenters. The summed E-state index contributed by atoms with van der Waals surface area (Å²) in [5.74, 6) is 2.92. The van der Waals surface area contributed by atoms with Crippen LogP contribution in [-0.4, -0.2) is 16.6 Å². The molecule has 0 aliphatic rings. The first-order chi connectivity index (χ1) is 5.84. The average Bonchev–Trinajstić information content (AvgIpc) is 2.09. The van der Waals surface area contributed by atoms with E-state index in [1.54, 1.807) is 0 Å². The number of hydrogen-bond acceptors (Lipinski definition) is 5. The fraction of sp³-hybridized carbons (Fsp3) is 0.143. The van der Waals surface area contributed by atoms with Crippen molar-refractivity contribution in [2.24, 2.45) is 0 Å². The lowest BCUT2D eigenvalue weighted by atomic mass is 10.6. The van der Waals surface area contributed by atoms with Crippen molar-refractivity contribution in [2.45, 2.75) is 0 Å². The molecule has 0 bridgehead atoms. The molecule has 1 aromatic rings. The summed E-state index contributed by atoms with van der Waals surface area (Å²) in [6, 6.07) is 0. The number of nitrogens with two attached hydrogens (primary N) is 1. The molecule has 0 aliphatic carbocycles. The van der Waals surface area contributed by atoms with E-state index < -0.39 is 0 Å². The van der Waals surface area contributed by atoms with Gasteiger partial charge in [0.05, 0.1) is 0 Å². The molecule has 0 aliphatic heterocycles. The second-order valence-electron chi connectivity index (χ2n) is 1.89. The first-order valence-electron chi connectivity index (χ1n) is 3.22. The quantitative estimate of drug-likeness (QED) is 0.374. The van der Waals surface area contributed by atoms with Crippen LogP contribution in [0.1, 0.15) is 0 Å². The Morgan fingerprint density at radius 3 is 3.00 bits per heavy atom. The molecule has 0 saturated heterocycles. The first kappa shape index (κ1) is 8.30. The maximum Gasteiger partial charge on any atom is 0.193 e. The molecular formula is C7H8N4O. The van der Waals surface area contributed by atoms with E-state index in [1.165, 1.54) is 12.4 Å². The van der Waals surface area contributed by atoms with Gasteiger partial charge in [-0.2, -0.15) is 0 Å². The molecule has 1 aromatic heterocycles. The standard InChI is InChI=1S/C7H8N4O/c1-2-5-12-11-7-6(8)9-3-4-10-7/h1,3-4H,5H2,(H2,8,9)(H,10,11). The lowest BCUT2D eigenvalue weighted by Gasteiger charge is -2.03. The number of hydrogen-bond donors (Lipinski definition) is 2. The SMILES string of the molecule is C#CCONc1nccnc1N. The van der Waals surface area contributed by atoms with Crippen molar-refractivity contribution in [2.75, 3.05) is 17.8 Å². The largest absolute Gasteiger partial charge is 0.381 e. The van der Waals surface area contributed by atoms with Crippen molar-refractivity contribution in [3.05, 3.63) is 12.4 Å². The number of anilines is 2.